The second kappa shape index (κ2) is 6.15. The zero-order valence-electron chi connectivity index (χ0n) is 10.8. The molecule has 2 heteroatoms. The smallest absolute Gasteiger partial charge is 0.0209 e. The van der Waals surface area contributed by atoms with Gasteiger partial charge in [-0.3, -0.25) is 0 Å². The van der Waals surface area contributed by atoms with Crippen molar-refractivity contribution >= 4 is 11.8 Å². The molecule has 0 amide bonds. The van der Waals surface area contributed by atoms with E-state index in [4.69, 9.17) is 0 Å². The Bertz CT molecular complexity index is 177. The third-order valence-corrected chi connectivity index (χ3v) is 4.53. The van der Waals surface area contributed by atoms with Crippen LogP contribution in [0.25, 0.3) is 0 Å². The van der Waals surface area contributed by atoms with E-state index in [1.54, 1.807) is 0 Å². The molecule has 1 unspecified atom stereocenters. The zero-order chi connectivity index (χ0) is 11.3. The van der Waals surface area contributed by atoms with Gasteiger partial charge in [-0.15, -0.1) is 0 Å². The summed E-state index contributed by atoms with van der Waals surface area (Å²) in [7, 11) is 0. The highest BCUT2D eigenvalue weighted by Gasteiger charge is 2.31. The van der Waals surface area contributed by atoms with Gasteiger partial charge in [0, 0.05) is 11.8 Å². The number of rotatable bonds is 5. The number of nitrogens with one attached hydrogen (secondary N) is 1. The van der Waals surface area contributed by atoms with E-state index in [-0.39, 0.29) is 0 Å². The van der Waals surface area contributed by atoms with Crippen LogP contribution in [0.1, 0.15) is 47.0 Å². The van der Waals surface area contributed by atoms with E-state index < -0.39 is 0 Å². The summed E-state index contributed by atoms with van der Waals surface area (Å²) >= 11 is 2.11. The maximum atomic E-state index is 3.75. The fraction of sp³-hybridized carbons (Fsp3) is 1.00. The molecule has 0 aliphatic carbocycles. The molecule has 0 aromatic carbocycles. The van der Waals surface area contributed by atoms with Crippen LogP contribution in [0.2, 0.25) is 0 Å². The van der Waals surface area contributed by atoms with Crippen LogP contribution in [0.5, 0.6) is 0 Å². The van der Waals surface area contributed by atoms with E-state index in [9.17, 15) is 0 Å². The Hall–Kier alpha value is 0.310. The Morgan fingerprint density at radius 2 is 2.13 bits per heavy atom. The van der Waals surface area contributed by atoms with Crippen molar-refractivity contribution in [1.82, 2.24) is 5.32 Å². The molecule has 0 radical (unpaired) electrons. The number of thioether (sulfide) groups is 1. The van der Waals surface area contributed by atoms with E-state index in [2.05, 4.69) is 44.8 Å². The van der Waals surface area contributed by atoms with E-state index in [0.717, 1.165) is 12.0 Å². The summed E-state index contributed by atoms with van der Waals surface area (Å²) in [5.41, 5.74) is 0.503. The van der Waals surface area contributed by atoms with Crippen LogP contribution in [0.4, 0.5) is 0 Å². The fourth-order valence-corrected chi connectivity index (χ4v) is 3.70. The van der Waals surface area contributed by atoms with Crippen molar-refractivity contribution < 1.29 is 0 Å². The molecule has 0 aromatic rings. The molecule has 0 bridgehead atoms. The average Bonchev–Trinajstić information content (AvgIpc) is 2.13. The van der Waals surface area contributed by atoms with E-state index >= 15 is 0 Å². The molecule has 1 atom stereocenters. The quantitative estimate of drug-likeness (QED) is 0.724. The fourth-order valence-electron chi connectivity index (χ4n) is 2.06. The molecule has 1 saturated heterocycles. The van der Waals surface area contributed by atoms with Crippen LogP contribution in [0, 0.1) is 11.3 Å². The summed E-state index contributed by atoms with van der Waals surface area (Å²) in [5, 5.41) is 3.75. The van der Waals surface area contributed by atoms with Gasteiger partial charge >= 0.3 is 0 Å². The van der Waals surface area contributed by atoms with Crippen molar-refractivity contribution in [1.29, 1.82) is 0 Å². The normalized spacial score (nSPS) is 25.8. The van der Waals surface area contributed by atoms with E-state index in [0.29, 0.717) is 5.41 Å². The van der Waals surface area contributed by atoms with Crippen LogP contribution in [-0.2, 0) is 0 Å². The molecular formula is C13H27NS. The monoisotopic (exact) mass is 229 g/mol. The molecule has 1 rings (SSSR count). The minimum Gasteiger partial charge on any atom is -0.313 e. The van der Waals surface area contributed by atoms with Gasteiger partial charge in [-0.1, -0.05) is 27.7 Å². The van der Waals surface area contributed by atoms with Gasteiger partial charge in [-0.05, 0) is 42.9 Å². The van der Waals surface area contributed by atoms with Crippen LogP contribution in [0.15, 0.2) is 0 Å². The lowest BCUT2D eigenvalue weighted by Crippen LogP contribution is -2.46. The van der Waals surface area contributed by atoms with Crippen molar-refractivity contribution in [3.05, 3.63) is 0 Å². The van der Waals surface area contributed by atoms with Crippen LogP contribution in [0.3, 0.4) is 0 Å². The lowest BCUT2D eigenvalue weighted by Gasteiger charge is -2.39. The van der Waals surface area contributed by atoms with E-state index in [1.807, 2.05) is 0 Å². The summed E-state index contributed by atoms with van der Waals surface area (Å²) in [5.74, 6) is 3.49. The summed E-state index contributed by atoms with van der Waals surface area (Å²) in [6, 6.07) is 0.725. The highest BCUT2D eigenvalue weighted by Crippen LogP contribution is 2.34. The molecule has 1 N–H and O–H groups in total. The SMILES string of the molecule is CC(C)CCCNC1CSCCC1(C)C. The standard InChI is InChI=1S/C13H27NS/c1-11(2)6-5-8-14-12-10-15-9-7-13(12,3)4/h11-12,14H,5-10H2,1-4H3. The van der Waals surface area contributed by atoms with Crippen molar-refractivity contribution in [3.63, 3.8) is 0 Å². The van der Waals surface area contributed by atoms with Crippen LogP contribution < -0.4 is 5.32 Å². The maximum Gasteiger partial charge on any atom is 0.0209 e. The Morgan fingerprint density at radius 3 is 2.73 bits per heavy atom. The van der Waals surface area contributed by atoms with Gasteiger partial charge in [-0.2, -0.15) is 11.8 Å². The van der Waals surface area contributed by atoms with Crippen LogP contribution in [-0.4, -0.2) is 24.1 Å². The average molecular weight is 229 g/mol. The molecular weight excluding hydrogens is 202 g/mol. The Balaban J connectivity index is 2.19. The second-order valence-corrected chi connectivity index (χ2v) is 7.01. The largest absolute Gasteiger partial charge is 0.313 e. The summed E-state index contributed by atoms with van der Waals surface area (Å²) in [6.07, 6.45) is 4.04. The first-order valence-corrected chi connectivity index (χ1v) is 7.49. The van der Waals surface area contributed by atoms with Gasteiger partial charge in [0.05, 0.1) is 0 Å². The highest BCUT2D eigenvalue weighted by molar-refractivity contribution is 7.99. The molecule has 1 fully saturated rings. The lowest BCUT2D eigenvalue weighted by molar-refractivity contribution is 0.244. The van der Waals surface area contributed by atoms with Crippen molar-refractivity contribution in [2.75, 3.05) is 18.1 Å². The van der Waals surface area contributed by atoms with Gasteiger partial charge < -0.3 is 5.32 Å². The second-order valence-electron chi connectivity index (χ2n) is 5.86. The molecule has 0 spiro atoms. The number of hydrogen-bond acceptors (Lipinski definition) is 2. The molecule has 1 aliphatic rings. The van der Waals surface area contributed by atoms with Gasteiger partial charge in [-0.25, -0.2) is 0 Å². The Labute approximate surface area is 99.8 Å². The summed E-state index contributed by atoms with van der Waals surface area (Å²) in [6.45, 7) is 10.6. The molecule has 15 heavy (non-hydrogen) atoms. The number of hydrogen-bond donors (Lipinski definition) is 1. The van der Waals surface area contributed by atoms with Gasteiger partial charge in [0.25, 0.3) is 0 Å². The minimum absolute atomic E-state index is 0.503. The molecule has 0 saturated carbocycles. The Morgan fingerprint density at radius 1 is 1.40 bits per heavy atom. The van der Waals surface area contributed by atoms with Crippen molar-refractivity contribution in [3.8, 4) is 0 Å². The topological polar surface area (TPSA) is 12.0 Å². The van der Waals surface area contributed by atoms with Gasteiger partial charge in [0.15, 0.2) is 0 Å². The lowest BCUT2D eigenvalue weighted by atomic mass is 9.82. The first-order valence-electron chi connectivity index (χ1n) is 6.33. The highest BCUT2D eigenvalue weighted by atomic mass is 32.2. The van der Waals surface area contributed by atoms with Gasteiger partial charge in [0.1, 0.15) is 0 Å². The van der Waals surface area contributed by atoms with Crippen molar-refractivity contribution in [2.45, 2.75) is 53.0 Å². The van der Waals surface area contributed by atoms with E-state index in [1.165, 1.54) is 37.3 Å². The molecule has 1 aliphatic heterocycles. The molecule has 1 heterocycles. The van der Waals surface area contributed by atoms with Crippen LogP contribution >= 0.6 is 11.8 Å². The first-order chi connectivity index (χ1) is 7.02. The van der Waals surface area contributed by atoms with Crippen molar-refractivity contribution in [2.24, 2.45) is 11.3 Å². The predicted molar refractivity (Wildman–Crippen MR) is 71.6 cm³/mol. The summed E-state index contributed by atoms with van der Waals surface area (Å²) < 4.78 is 0. The first kappa shape index (κ1) is 13.4. The molecule has 90 valence electrons. The molecule has 0 aromatic heterocycles. The third kappa shape index (κ3) is 4.78. The molecule has 1 nitrogen and oxygen atoms in total. The maximum absolute atomic E-state index is 3.75. The minimum atomic E-state index is 0.503. The summed E-state index contributed by atoms with van der Waals surface area (Å²) in [4.78, 5) is 0. The Kier molecular flexibility index (Phi) is 5.48. The predicted octanol–water partition coefficient (Wildman–Crippen LogP) is 3.54. The zero-order valence-corrected chi connectivity index (χ0v) is 11.6. The third-order valence-electron chi connectivity index (χ3n) is 3.47. The van der Waals surface area contributed by atoms with Gasteiger partial charge in [0.2, 0.25) is 0 Å².